The van der Waals surface area contributed by atoms with Gasteiger partial charge in [0.2, 0.25) is 0 Å². The fourth-order valence-electron chi connectivity index (χ4n) is 4.08. The number of halogens is 2. The van der Waals surface area contributed by atoms with E-state index in [1.165, 1.54) is 0 Å². The molecule has 2 heterocycles. The lowest BCUT2D eigenvalue weighted by Gasteiger charge is -2.37. The Labute approximate surface area is 192 Å². The van der Waals surface area contributed by atoms with Crippen LogP contribution in [0.5, 0.6) is 0 Å². The molecule has 2 atom stereocenters. The van der Waals surface area contributed by atoms with E-state index in [1.54, 1.807) is 11.2 Å². The SMILES string of the molecule is N#CCCN1CCN(C(=O)N2C=NC(c3ccc(Cl)cc3)C2c2ccc(Cl)cc2)CC1. The molecule has 2 aliphatic rings. The number of piperazine rings is 1. The molecular weight excluding hydrogens is 433 g/mol. The third-order valence-corrected chi connectivity index (χ3v) is 6.28. The van der Waals surface area contributed by atoms with Crippen LogP contribution in [0.15, 0.2) is 53.5 Å². The van der Waals surface area contributed by atoms with Crippen LogP contribution in [0.2, 0.25) is 10.0 Å². The van der Waals surface area contributed by atoms with Crippen LogP contribution in [0.4, 0.5) is 4.79 Å². The predicted molar refractivity (Wildman–Crippen MR) is 122 cm³/mol. The quantitative estimate of drug-likeness (QED) is 0.666. The number of nitriles is 1. The maximum absolute atomic E-state index is 13.4. The van der Waals surface area contributed by atoms with Gasteiger partial charge in [0, 0.05) is 49.2 Å². The second-order valence-electron chi connectivity index (χ2n) is 7.68. The summed E-state index contributed by atoms with van der Waals surface area (Å²) >= 11 is 12.2. The second kappa shape index (κ2) is 9.69. The molecular formula is C23H23Cl2N5O. The molecule has 0 aromatic heterocycles. The smallest absolute Gasteiger partial charge is 0.322 e. The number of urea groups is 1. The van der Waals surface area contributed by atoms with Gasteiger partial charge in [-0.3, -0.25) is 14.8 Å². The van der Waals surface area contributed by atoms with E-state index in [-0.39, 0.29) is 18.1 Å². The number of hydrogen-bond donors (Lipinski definition) is 0. The summed E-state index contributed by atoms with van der Waals surface area (Å²) in [6.45, 7) is 3.55. The summed E-state index contributed by atoms with van der Waals surface area (Å²) < 4.78 is 0. The van der Waals surface area contributed by atoms with Crippen molar-refractivity contribution in [3.05, 3.63) is 69.7 Å². The third-order valence-electron chi connectivity index (χ3n) is 5.78. The van der Waals surface area contributed by atoms with Crippen LogP contribution in [-0.4, -0.2) is 59.8 Å². The number of rotatable bonds is 4. The zero-order valence-electron chi connectivity index (χ0n) is 17.0. The summed E-state index contributed by atoms with van der Waals surface area (Å²) in [6.07, 6.45) is 2.16. The lowest BCUT2D eigenvalue weighted by Crippen LogP contribution is -2.52. The van der Waals surface area contributed by atoms with Crippen LogP contribution in [0, 0.1) is 11.3 Å². The largest absolute Gasteiger partial charge is 0.325 e. The highest BCUT2D eigenvalue weighted by molar-refractivity contribution is 6.30. The van der Waals surface area contributed by atoms with Crippen LogP contribution in [0.3, 0.4) is 0 Å². The van der Waals surface area contributed by atoms with Crippen LogP contribution in [-0.2, 0) is 0 Å². The molecule has 0 spiro atoms. The Hall–Kier alpha value is -2.59. The van der Waals surface area contributed by atoms with Gasteiger partial charge in [-0.2, -0.15) is 5.26 Å². The molecule has 2 aromatic carbocycles. The van der Waals surface area contributed by atoms with Crippen LogP contribution >= 0.6 is 23.2 Å². The molecule has 2 amide bonds. The molecule has 0 bridgehead atoms. The first-order valence-electron chi connectivity index (χ1n) is 10.3. The Bertz CT molecular complexity index is 979. The Kier molecular flexibility index (Phi) is 6.77. The first-order valence-corrected chi connectivity index (χ1v) is 11.0. The van der Waals surface area contributed by atoms with Crippen molar-refractivity contribution in [1.82, 2.24) is 14.7 Å². The number of aliphatic imine (C=N–C) groups is 1. The number of benzene rings is 2. The van der Waals surface area contributed by atoms with Crippen molar-refractivity contribution < 1.29 is 4.79 Å². The van der Waals surface area contributed by atoms with Gasteiger partial charge in [-0.05, 0) is 35.4 Å². The normalized spacial score (nSPS) is 21.3. The standard InChI is InChI=1S/C23H23Cl2N5O/c24-19-6-2-17(3-7-19)21-22(18-4-8-20(25)9-5-18)30(16-27-21)23(31)29-14-12-28(13-15-29)11-1-10-26/h2-9,16,21-22H,1,11-15H2. The lowest BCUT2D eigenvalue weighted by molar-refractivity contribution is 0.121. The van der Waals surface area contributed by atoms with E-state index >= 15 is 0 Å². The van der Waals surface area contributed by atoms with Gasteiger partial charge < -0.3 is 4.90 Å². The van der Waals surface area contributed by atoms with Crippen LogP contribution in [0.1, 0.15) is 29.6 Å². The van der Waals surface area contributed by atoms with E-state index in [4.69, 9.17) is 33.5 Å². The summed E-state index contributed by atoms with van der Waals surface area (Å²) in [5.41, 5.74) is 1.97. The number of carbonyl (C=O) groups is 1. The van der Waals surface area contributed by atoms with Crippen molar-refractivity contribution in [2.45, 2.75) is 18.5 Å². The Morgan fingerprint density at radius 1 is 0.968 bits per heavy atom. The minimum Gasteiger partial charge on any atom is -0.322 e. The van der Waals surface area contributed by atoms with Crippen molar-refractivity contribution in [1.29, 1.82) is 5.26 Å². The molecule has 2 aliphatic heterocycles. The van der Waals surface area contributed by atoms with Crippen molar-refractivity contribution >= 4 is 35.6 Å². The highest BCUT2D eigenvalue weighted by Crippen LogP contribution is 2.41. The van der Waals surface area contributed by atoms with Gasteiger partial charge in [-0.1, -0.05) is 47.5 Å². The van der Waals surface area contributed by atoms with Crippen LogP contribution < -0.4 is 0 Å². The summed E-state index contributed by atoms with van der Waals surface area (Å²) in [6, 6.07) is 16.8. The monoisotopic (exact) mass is 455 g/mol. The van der Waals surface area contributed by atoms with Gasteiger partial charge in [0.25, 0.3) is 0 Å². The van der Waals surface area contributed by atoms with Gasteiger partial charge in [0.1, 0.15) is 6.04 Å². The van der Waals surface area contributed by atoms with Gasteiger partial charge in [0.05, 0.1) is 18.4 Å². The molecule has 160 valence electrons. The molecule has 0 radical (unpaired) electrons. The molecule has 2 aromatic rings. The fourth-order valence-corrected chi connectivity index (χ4v) is 4.33. The molecule has 1 fully saturated rings. The summed E-state index contributed by atoms with van der Waals surface area (Å²) in [5, 5.41) is 10.1. The van der Waals surface area contributed by atoms with Crippen molar-refractivity contribution in [3.63, 3.8) is 0 Å². The van der Waals surface area contributed by atoms with Crippen molar-refractivity contribution in [2.24, 2.45) is 4.99 Å². The summed E-state index contributed by atoms with van der Waals surface area (Å²) in [5.74, 6) is 0. The van der Waals surface area contributed by atoms with Crippen molar-refractivity contribution in [3.8, 4) is 6.07 Å². The molecule has 0 saturated carbocycles. The average Bonchev–Trinajstić information content (AvgIpc) is 3.23. The van der Waals surface area contributed by atoms with Crippen LogP contribution in [0.25, 0.3) is 0 Å². The van der Waals surface area contributed by atoms with Crippen molar-refractivity contribution in [2.75, 3.05) is 32.7 Å². The van der Waals surface area contributed by atoms with E-state index in [2.05, 4.69) is 11.0 Å². The maximum Gasteiger partial charge on any atom is 0.325 e. The highest BCUT2D eigenvalue weighted by atomic mass is 35.5. The average molecular weight is 456 g/mol. The maximum atomic E-state index is 13.4. The van der Waals surface area contributed by atoms with Gasteiger partial charge in [-0.15, -0.1) is 0 Å². The molecule has 6 nitrogen and oxygen atoms in total. The molecule has 4 rings (SSSR count). The second-order valence-corrected chi connectivity index (χ2v) is 8.56. The topological polar surface area (TPSA) is 62.9 Å². The van der Waals surface area contributed by atoms with Gasteiger partial charge in [0.15, 0.2) is 0 Å². The van der Waals surface area contributed by atoms with E-state index in [9.17, 15) is 4.79 Å². The zero-order valence-corrected chi connectivity index (χ0v) is 18.5. The number of carbonyl (C=O) groups excluding carboxylic acids is 1. The molecule has 0 N–H and O–H groups in total. The van der Waals surface area contributed by atoms with E-state index in [1.807, 2.05) is 53.4 Å². The zero-order chi connectivity index (χ0) is 21.8. The minimum atomic E-state index is -0.262. The molecule has 0 aliphatic carbocycles. The molecule has 31 heavy (non-hydrogen) atoms. The molecule has 8 heteroatoms. The number of hydrogen-bond acceptors (Lipinski definition) is 4. The first-order chi connectivity index (χ1) is 15.1. The van der Waals surface area contributed by atoms with Gasteiger partial charge >= 0.3 is 6.03 Å². The van der Waals surface area contributed by atoms with E-state index < -0.39 is 0 Å². The van der Waals surface area contributed by atoms with E-state index in [0.29, 0.717) is 29.6 Å². The van der Waals surface area contributed by atoms with Gasteiger partial charge in [-0.25, -0.2) is 4.79 Å². The van der Waals surface area contributed by atoms with E-state index in [0.717, 1.165) is 30.8 Å². The summed E-state index contributed by atoms with van der Waals surface area (Å²) in [7, 11) is 0. The first kappa shape index (κ1) is 21.6. The minimum absolute atomic E-state index is 0.0555. The third kappa shape index (κ3) is 4.85. The Morgan fingerprint density at radius 2 is 1.55 bits per heavy atom. The molecule has 1 saturated heterocycles. The lowest BCUT2D eigenvalue weighted by atomic mass is 9.94. The number of amides is 2. The summed E-state index contributed by atoms with van der Waals surface area (Å²) in [4.78, 5) is 24.0. The molecule has 2 unspecified atom stereocenters. The Balaban J connectivity index is 1.55. The highest BCUT2D eigenvalue weighted by Gasteiger charge is 2.39. The Morgan fingerprint density at radius 3 is 2.13 bits per heavy atom. The number of nitrogens with zero attached hydrogens (tertiary/aromatic N) is 5. The predicted octanol–water partition coefficient (Wildman–Crippen LogP) is 4.77. The fraction of sp³-hybridized carbons (Fsp3) is 0.348.